The molecule has 0 aliphatic heterocycles. The molecule has 0 aliphatic rings. The zero-order chi connectivity index (χ0) is 17.1. The molecule has 0 saturated carbocycles. The SMILES string of the molecule is O=C(/C=C/c1ccc(F)cc1)Cc1c(O)c2ccccc2oc1=O. The number of halogens is 1. The lowest BCUT2D eigenvalue weighted by atomic mass is 10.1. The Kier molecular flexibility index (Phi) is 4.24. The van der Waals surface area contributed by atoms with Gasteiger partial charge in [0.2, 0.25) is 0 Å². The van der Waals surface area contributed by atoms with Crippen molar-refractivity contribution in [1.29, 1.82) is 0 Å². The molecule has 5 heteroatoms. The van der Waals surface area contributed by atoms with E-state index in [0.717, 1.165) is 0 Å². The van der Waals surface area contributed by atoms with Crippen LogP contribution in [0.1, 0.15) is 11.1 Å². The summed E-state index contributed by atoms with van der Waals surface area (Å²) in [5, 5.41) is 10.6. The predicted octanol–water partition coefficient (Wildman–Crippen LogP) is 3.46. The van der Waals surface area contributed by atoms with Gasteiger partial charge in [0.25, 0.3) is 0 Å². The molecule has 4 nitrogen and oxygen atoms in total. The fourth-order valence-electron chi connectivity index (χ4n) is 2.32. The minimum atomic E-state index is -0.741. The van der Waals surface area contributed by atoms with E-state index < -0.39 is 5.63 Å². The Morgan fingerprint density at radius 3 is 2.58 bits per heavy atom. The number of para-hydroxylation sites is 1. The normalized spacial score (nSPS) is 11.2. The number of allylic oxidation sites excluding steroid dienone is 1. The van der Waals surface area contributed by atoms with Gasteiger partial charge in [-0.2, -0.15) is 0 Å². The van der Waals surface area contributed by atoms with Gasteiger partial charge in [-0.25, -0.2) is 9.18 Å². The molecular weight excluding hydrogens is 311 g/mol. The first kappa shape index (κ1) is 15.7. The van der Waals surface area contributed by atoms with Crippen molar-refractivity contribution >= 4 is 22.8 Å². The number of aromatic hydroxyl groups is 1. The van der Waals surface area contributed by atoms with Gasteiger partial charge in [0, 0.05) is 6.42 Å². The molecule has 0 atom stereocenters. The molecule has 0 amide bonds. The van der Waals surface area contributed by atoms with Crippen molar-refractivity contribution in [3.8, 4) is 5.75 Å². The summed E-state index contributed by atoms with van der Waals surface area (Å²) in [6.45, 7) is 0. The third-order valence-corrected chi connectivity index (χ3v) is 3.56. The van der Waals surface area contributed by atoms with Crippen LogP contribution in [0.2, 0.25) is 0 Å². The van der Waals surface area contributed by atoms with E-state index in [2.05, 4.69) is 0 Å². The van der Waals surface area contributed by atoms with E-state index in [1.807, 2.05) is 0 Å². The van der Waals surface area contributed by atoms with Crippen LogP contribution in [0.15, 0.2) is 63.8 Å². The largest absolute Gasteiger partial charge is 0.507 e. The average Bonchev–Trinajstić information content (AvgIpc) is 2.58. The number of hydrogen-bond donors (Lipinski definition) is 1. The Balaban J connectivity index is 1.85. The zero-order valence-electron chi connectivity index (χ0n) is 12.5. The number of benzene rings is 2. The van der Waals surface area contributed by atoms with Crippen LogP contribution in [-0.4, -0.2) is 10.9 Å². The van der Waals surface area contributed by atoms with E-state index in [9.17, 15) is 19.1 Å². The number of ketones is 1. The summed E-state index contributed by atoms with van der Waals surface area (Å²) >= 11 is 0. The van der Waals surface area contributed by atoms with Crippen LogP contribution in [0, 0.1) is 5.82 Å². The summed E-state index contributed by atoms with van der Waals surface area (Å²) in [7, 11) is 0. The summed E-state index contributed by atoms with van der Waals surface area (Å²) in [6, 6.07) is 12.2. The first-order valence-electron chi connectivity index (χ1n) is 7.25. The monoisotopic (exact) mass is 324 g/mol. The van der Waals surface area contributed by atoms with Crippen LogP contribution in [0.3, 0.4) is 0 Å². The third kappa shape index (κ3) is 3.25. The third-order valence-electron chi connectivity index (χ3n) is 3.56. The van der Waals surface area contributed by atoms with Gasteiger partial charge in [-0.15, -0.1) is 0 Å². The maximum atomic E-state index is 12.8. The van der Waals surface area contributed by atoms with Gasteiger partial charge in [-0.1, -0.05) is 30.3 Å². The van der Waals surface area contributed by atoms with Crippen molar-refractivity contribution in [1.82, 2.24) is 0 Å². The molecule has 24 heavy (non-hydrogen) atoms. The molecule has 0 aliphatic carbocycles. The Morgan fingerprint density at radius 2 is 1.83 bits per heavy atom. The smallest absolute Gasteiger partial charge is 0.343 e. The number of rotatable bonds is 4. The minimum Gasteiger partial charge on any atom is -0.507 e. The van der Waals surface area contributed by atoms with Crippen LogP contribution in [-0.2, 0) is 11.2 Å². The highest BCUT2D eigenvalue weighted by atomic mass is 19.1. The first-order chi connectivity index (χ1) is 11.5. The van der Waals surface area contributed by atoms with Crippen molar-refractivity contribution in [2.75, 3.05) is 0 Å². The van der Waals surface area contributed by atoms with Gasteiger partial charge in [0.05, 0.1) is 10.9 Å². The van der Waals surface area contributed by atoms with Crippen molar-refractivity contribution in [2.45, 2.75) is 6.42 Å². The van der Waals surface area contributed by atoms with Crippen molar-refractivity contribution in [2.24, 2.45) is 0 Å². The molecule has 1 N–H and O–H groups in total. The lowest BCUT2D eigenvalue weighted by Crippen LogP contribution is -2.12. The minimum absolute atomic E-state index is 0.0811. The highest BCUT2D eigenvalue weighted by Gasteiger charge is 2.15. The summed E-state index contributed by atoms with van der Waals surface area (Å²) < 4.78 is 17.9. The number of carbonyl (C=O) groups is 1. The standard InChI is InChI=1S/C19H13FO4/c20-13-8-5-12(6-9-13)7-10-14(21)11-16-18(22)15-3-1-2-4-17(15)24-19(16)23/h1-10,22H,11H2/b10-7+. The quantitative estimate of drug-likeness (QED) is 0.589. The van der Waals surface area contributed by atoms with Gasteiger partial charge in [0.1, 0.15) is 17.1 Å². The Morgan fingerprint density at radius 1 is 1.12 bits per heavy atom. The zero-order valence-corrected chi connectivity index (χ0v) is 12.5. The van der Waals surface area contributed by atoms with E-state index in [-0.39, 0.29) is 34.9 Å². The average molecular weight is 324 g/mol. The van der Waals surface area contributed by atoms with Crippen molar-refractivity contribution < 1.29 is 18.7 Å². The fourth-order valence-corrected chi connectivity index (χ4v) is 2.32. The molecule has 1 heterocycles. The van der Waals surface area contributed by atoms with Crippen LogP contribution in [0.5, 0.6) is 5.75 Å². The second-order valence-electron chi connectivity index (χ2n) is 5.24. The van der Waals surface area contributed by atoms with Gasteiger partial charge >= 0.3 is 5.63 Å². The molecule has 0 unspecified atom stereocenters. The highest BCUT2D eigenvalue weighted by Crippen LogP contribution is 2.26. The van der Waals surface area contributed by atoms with Crippen LogP contribution in [0.4, 0.5) is 4.39 Å². The number of carbonyl (C=O) groups excluding carboxylic acids is 1. The molecule has 3 aromatic rings. The van der Waals surface area contributed by atoms with Crippen LogP contribution in [0.25, 0.3) is 17.0 Å². The Bertz CT molecular complexity index is 984. The molecule has 120 valence electrons. The topological polar surface area (TPSA) is 67.5 Å². The Hall–Kier alpha value is -3.21. The number of hydrogen-bond acceptors (Lipinski definition) is 4. The molecule has 0 bridgehead atoms. The molecule has 0 spiro atoms. The van der Waals surface area contributed by atoms with Gasteiger partial charge in [-0.3, -0.25) is 4.79 Å². The molecule has 0 fully saturated rings. The van der Waals surface area contributed by atoms with Crippen LogP contribution < -0.4 is 5.63 Å². The predicted molar refractivity (Wildman–Crippen MR) is 88.3 cm³/mol. The second-order valence-corrected chi connectivity index (χ2v) is 5.24. The lowest BCUT2D eigenvalue weighted by molar-refractivity contribution is -0.114. The molecular formula is C19H13FO4. The van der Waals surface area contributed by atoms with E-state index in [1.165, 1.54) is 36.4 Å². The van der Waals surface area contributed by atoms with Gasteiger partial charge < -0.3 is 9.52 Å². The number of fused-ring (bicyclic) bond motifs is 1. The molecule has 2 aromatic carbocycles. The summed E-state index contributed by atoms with van der Waals surface area (Å²) in [5.41, 5.74) is 0.0924. The summed E-state index contributed by atoms with van der Waals surface area (Å²) in [4.78, 5) is 24.0. The van der Waals surface area contributed by atoms with E-state index in [4.69, 9.17) is 4.42 Å². The van der Waals surface area contributed by atoms with Gasteiger partial charge in [0.15, 0.2) is 5.78 Å². The molecule has 1 aromatic heterocycles. The first-order valence-corrected chi connectivity index (χ1v) is 7.25. The molecule has 0 radical (unpaired) electrons. The fraction of sp³-hybridized carbons (Fsp3) is 0.0526. The second kappa shape index (κ2) is 6.50. The van der Waals surface area contributed by atoms with E-state index in [1.54, 1.807) is 24.3 Å². The van der Waals surface area contributed by atoms with E-state index >= 15 is 0 Å². The maximum absolute atomic E-state index is 12.8. The highest BCUT2D eigenvalue weighted by molar-refractivity contribution is 5.96. The van der Waals surface area contributed by atoms with E-state index in [0.29, 0.717) is 10.9 Å². The van der Waals surface area contributed by atoms with Gasteiger partial charge in [-0.05, 0) is 35.9 Å². The Labute approximate surface area is 136 Å². The maximum Gasteiger partial charge on any atom is 0.343 e. The lowest BCUT2D eigenvalue weighted by Gasteiger charge is -2.04. The van der Waals surface area contributed by atoms with Crippen LogP contribution >= 0.6 is 0 Å². The summed E-state index contributed by atoms with van der Waals surface area (Å²) in [5.74, 6) is -0.986. The molecule has 3 rings (SSSR count). The van der Waals surface area contributed by atoms with Crippen molar-refractivity contribution in [3.05, 3.63) is 82.0 Å². The molecule has 0 saturated heterocycles. The van der Waals surface area contributed by atoms with Crippen molar-refractivity contribution in [3.63, 3.8) is 0 Å². The summed E-state index contributed by atoms with van der Waals surface area (Å²) in [6.07, 6.45) is 2.51.